The molecule has 1 fully saturated rings. The van der Waals surface area contributed by atoms with Crippen molar-refractivity contribution in [1.82, 2.24) is 14.5 Å². The van der Waals surface area contributed by atoms with E-state index >= 15 is 0 Å². The van der Waals surface area contributed by atoms with Crippen LogP contribution < -0.4 is 0 Å². The van der Waals surface area contributed by atoms with Gasteiger partial charge in [-0.2, -0.15) is 0 Å². The smallest absolute Gasteiger partial charge is 0.280 e. The summed E-state index contributed by atoms with van der Waals surface area (Å²) in [5.41, 5.74) is 0. The quantitative estimate of drug-likeness (QED) is 0.733. The molecule has 1 aliphatic heterocycles. The van der Waals surface area contributed by atoms with E-state index in [-0.39, 0.29) is 17.5 Å². The molecular formula is C10H14ClN3O4S. The van der Waals surface area contributed by atoms with E-state index in [1.54, 1.807) is 11.8 Å². The van der Waals surface area contributed by atoms with Gasteiger partial charge in [-0.15, -0.1) is 0 Å². The highest BCUT2D eigenvalue weighted by Gasteiger charge is 2.20. The third kappa shape index (κ3) is 3.46. The molecule has 19 heavy (non-hydrogen) atoms. The Hall–Kier alpha value is -1.12. The summed E-state index contributed by atoms with van der Waals surface area (Å²) >= 11 is 0. The van der Waals surface area contributed by atoms with Gasteiger partial charge in [0, 0.05) is 30.0 Å². The topological polar surface area (TPSA) is 81.5 Å². The molecule has 0 aliphatic carbocycles. The van der Waals surface area contributed by atoms with Crippen molar-refractivity contribution in [3.05, 3.63) is 12.0 Å². The first-order valence-electron chi connectivity index (χ1n) is 5.72. The average molecular weight is 308 g/mol. The molecule has 0 radical (unpaired) electrons. The number of aryl methyl sites for hydroxylation is 1. The Bertz CT molecular complexity index is 578. The van der Waals surface area contributed by atoms with Crippen molar-refractivity contribution in [1.29, 1.82) is 0 Å². The van der Waals surface area contributed by atoms with E-state index in [1.165, 1.54) is 10.8 Å². The van der Waals surface area contributed by atoms with Crippen LogP contribution in [-0.2, 0) is 25.1 Å². The molecule has 1 aromatic rings. The van der Waals surface area contributed by atoms with Crippen LogP contribution in [0.5, 0.6) is 0 Å². The number of imidazole rings is 1. The molecule has 0 saturated carbocycles. The minimum absolute atomic E-state index is 0.0469. The second kappa shape index (κ2) is 5.48. The average Bonchev–Trinajstić information content (AvgIpc) is 2.72. The van der Waals surface area contributed by atoms with Crippen molar-refractivity contribution >= 4 is 25.6 Å². The van der Waals surface area contributed by atoms with Gasteiger partial charge in [-0.25, -0.2) is 13.4 Å². The van der Waals surface area contributed by atoms with Crippen LogP contribution in [0, 0.1) is 6.92 Å². The van der Waals surface area contributed by atoms with Crippen LogP contribution in [0.15, 0.2) is 11.2 Å². The number of carbonyl (C=O) groups excluding carboxylic acids is 1. The fourth-order valence-corrected chi connectivity index (χ4v) is 2.53. The fourth-order valence-electron chi connectivity index (χ4n) is 1.82. The zero-order valence-electron chi connectivity index (χ0n) is 10.4. The molecule has 0 bridgehead atoms. The lowest BCUT2D eigenvalue weighted by molar-refractivity contribution is -0.135. The third-order valence-corrected chi connectivity index (χ3v) is 4.04. The van der Waals surface area contributed by atoms with E-state index in [2.05, 4.69) is 4.98 Å². The zero-order chi connectivity index (χ0) is 14.0. The van der Waals surface area contributed by atoms with Crippen molar-refractivity contribution in [2.75, 3.05) is 26.3 Å². The van der Waals surface area contributed by atoms with Crippen LogP contribution in [0.3, 0.4) is 0 Å². The number of carbonyl (C=O) groups is 1. The standard InChI is InChI=1S/C10H14ClN3O4S/c1-8-12-9(19(11,16)17)6-14(8)7-10(15)13-2-4-18-5-3-13/h6H,2-5,7H2,1H3. The van der Waals surface area contributed by atoms with Crippen molar-refractivity contribution in [2.45, 2.75) is 18.5 Å². The minimum Gasteiger partial charge on any atom is -0.378 e. The second-order valence-corrected chi connectivity index (χ2v) is 6.70. The van der Waals surface area contributed by atoms with E-state index in [0.717, 1.165) is 0 Å². The van der Waals surface area contributed by atoms with Crippen LogP contribution in [0.1, 0.15) is 5.82 Å². The maximum atomic E-state index is 12.0. The highest BCUT2D eigenvalue weighted by atomic mass is 35.7. The number of hydrogen-bond acceptors (Lipinski definition) is 5. The lowest BCUT2D eigenvalue weighted by Gasteiger charge is -2.27. The molecule has 2 heterocycles. The molecule has 0 aromatic carbocycles. The van der Waals surface area contributed by atoms with Gasteiger partial charge in [0.15, 0.2) is 5.03 Å². The van der Waals surface area contributed by atoms with Gasteiger partial charge in [0.05, 0.1) is 13.2 Å². The van der Waals surface area contributed by atoms with Crippen LogP contribution in [0.25, 0.3) is 0 Å². The predicted octanol–water partition coefficient (Wildman–Crippen LogP) is -0.0222. The molecule has 1 amide bonds. The SMILES string of the molecule is Cc1nc(S(=O)(=O)Cl)cn1CC(=O)N1CCOCC1. The number of morpholine rings is 1. The summed E-state index contributed by atoms with van der Waals surface area (Å²) in [6.07, 6.45) is 1.27. The number of aromatic nitrogens is 2. The summed E-state index contributed by atoms with van der Waals surface area (Å²) in [5, 5.41) is -0.235. The molecule has 9 heteroatoms. The molecule has 7 nitrogen and oxygen atoms in total. The van der Waals surface area contributed by atoms with Crippen LogP contribution >= 0.6 is 10.7 Å². The Morgan fingerprint density at radius 2 is 2.11 bits per heavy atom. The lowest BCUT2D eigenvalue weighted by Crippen LogP contribution is -2.42. The van der Waals surface area contributed by atoms with Gasteiger partial charge in [-0.3, -0.25) is 4.79 Å². The third-order valence-electron chi connectivity index (χ3n) is 2.87. The summed E-state index contributed by atoms with van der Waals surface area (Å²) in [6.45, 7) is 3.82. The predicted molar refractivity (Wildman–Crippen MR) is 67.4 cm³/mol. The largest absolute Gasteiger partial charge is 0.378 e. The Kier molecular flexibility index (Phi) is 4.12. The lowest BCUT2D eigenvalue weighted by atomic mass is 10.4. The Morgan fingerprint density at radius 1 is 1.47 bits per heavy atom. The van der Waals surface area contributed by atoms with Crippen molar-refractivity contribution in [3.8, 4) is 0 Å². The maximum absolute atomic E-state index is 12.0. The molecule has 106 valence electrons. The van der Waals surface area contributed by atoms with Crippen LogP contribution in [0.4, 0.5) is 0 Å². The summed E-state index contributed by atoms with van der Waals surface area (Å²) < 4.78 is 29.0. The first-order valence-corrected chi connectivity index (χ1v) is 8.03. The Morgan fingerprint density at radius 3 is 2.63 bits per heavy atom. The first kappa shape index (κ1) is 14.3. The monoisotopic (exact) mass is 307 g/mol. The number of hydrogen-bond donors (Lipinski definition) is 0. The molecular weight excluding hydrogens is 294 g/mol. The highest BCUT2D eigenvalue weighted by molar-refractivity contribution is 8.13. The molecule has 0 spiro atoms. The molecule has 0 atom stereocenters. The van der Waals surface area contributed by atoms with Gasteiger partial charge in [-0.1, -0.05) is 0 Å². The minimum atomic E-state index is -3.87. The summed E-state index contributed by atoms with van der Waals surface area (Å²) in [4.78, 5) is 17.5. The summed E-state index contributed by atoms with van der Waals surface area (Å²) in [6, 6.07) is 0. The van der Waals surface area contributed by atoms with Gasteiger partial charge < -0.3 is 14.2 Å². The summed E-state index contributed by atoms with van der Waals surface area (Å²) in [5.74, 6) is 0.336. The van der Waals surface area contributed by atoms with Crippen LogP contribution in [0.2, 0.25) is 0 Å². The van der Waals surface area contributed by atoms with E-state index in [0.29, 0.717) is 32.1 Å². The number of nitrogens with zero attached hydrogens (tertiary/aromatic N) is 3. The van der Waals surface area contributed by atoms with E-state index in [1.807, 2.05) is 0 Å². The molecule has 0 unspecified atom stereocenters. The van der Waals surface area contributed by atoms with Gasteiger partial charge in [0.25, 0.3) is 9.05 Å². The molecule has 1 saturated heterocycles. The van der Waals surface area contributed by atoms with Gasteiger partial charge >= 0.3 is 0 Å². The van der Waals surface area contributed by atoms with Gasteiger partial charge in [0.1, 0.15) is 12.4 Å². The van der Waals surface area contributed by atoms with Crippen molar-refractivity contribution < 1.29 is 17.9 Å². The maximum Gasteiger partial charge on any atom is 0.280 e. The second-order valence-electron chi connectivity index (χ2n) is 4.19. The van der Waals surface area contributed by atoms with Crippen molar-refractivity contribution in [2.24, 2.45) is 0 Å². The molecule has 1 aliphatic rings. The number of ether oxygens (including phenoxy) is 1. The van der Waals surface area contributed by atoms with E-state index in [9.17, 15) is 13.2 Å². The van der Waals surface area contributed by atoms with Crippen molar-refractivity contribution in [3.63, 3.8) is 0 Å². The van der Waals surface area contributed by atoms with E-state index in [4.69, 9.17) is 15.4 Å². The molecule has 1 aromatic heterocycles. The number of halogens is 1. The Balaban J connectivity index is 2.10. The summed E-state index contributed by atoms with van der Waals surface area (Å²) in [7, 11) is 1.34. The first-order chi connectivity index (χ1) is 8.88. The zero-order valence-corrected chi connectivity index (χ0v) is 11.9. The number of amides is 1. The number of rotatable bonds is 3. The normalized spacial score (nSPS) is 16.6. The van der Waals surface area contributed by atoms with Crippen LogP contribution in [-0.4, -0.2) is 55.1 Å². The fraction of sp³-hybridized carbons (Fsp3) is 0.600. The van der Waals surface area contributed by atoms with Gasteiger partial charge in [0.2, 0.25) is 5.91 Å². The molecule has 2 rings (SSSR count). The highest BCUT2D eigenvalue weighted by Crippen LogP contribution is 2.14. The Labute approximate surface area is 115 Å². The van der Waals surface area contributed by atoms with Gasteiger partial charge in [-0.05, 0) is 6.92 Å². The molecule has 0 N–H and O–H groups in total. The van der Waals surface area contributed by atoms with E-state index < -0.39 is 9.05 Å².